The van der Waals surface area contributed by atoms with E-state index in [4.69, 9.17) is 0 Å². The van der Waals surface area contributed by atoms with E-state index < -0.39 is 0 Å². The summed E-state index contributed by atoms with van der Waals surface area (Å²) in [5.41, 5.74) is 2.13. The lowest BCUT2D eigenvalue weighted by atomic mass is 10.2. The Hall–Kier alpha value is -1.60. The molecular weight excluding hydrogens is 401 g/mol. The molecule has 1 saturated heterocycles. The number of amides is 1. The third-order valence-electron chi connectivity index (χ3n) is 3.97. The van der Waals surface area contributed by atoms with Gasteiger partial charge in [-0.2, -0.15) is 0 Å². The number of piperazine rings is 1. The van der Waals surface area contributed by atoms with Crippen molar-refractivity contribution in [1.29, 1.82) is 0 Å². The molecule has 0 aliphatic carbocycles. The number of rotatable bonds is 4. The molecule has 0 bridgehead atoms. The van der Waals surface area contributed by atoms with Crippen LogP contribution in [0.4, 0.5) is 11.4 Å². The second-order valence-electron chi connectivity index (χ2n) is 5.66. The summed E-state index contributed by atoms with van der Waals surface area (Å²) in [4.78, 5) is 16.8. The van der Waals surface area contributed by atoms with Gasteiger partial charge in [-0.25, -0.2) is 0 Å². The van der Waals surface area contributed by atoms with Crippen molar-refractivity contribution < 1.29 is 4.79 Å². The number of hydrogen-bond donors (Lipinski definition) is 1. The Kier molecular flexibility index (Phi) is 5.51. The van der Waals surface area contributed by atoms with Gasteiger partial charge in [-0.05, 0) is 52.9 Å². The Labute approximate surface area is 150 Å². The molecule has 4 nitrogen and oxygen atoms in total. The van der Waals surface area contributed by atoms with Crippen LogP contribution in [0.15, 0.2) is 54.6 Å². The Morgan fingerprint density at radius 2 is 1.74 bits per heavy atom. The summed E-state index contributed by atoms with van der Waals surface area (Å²) < 4.78 is 1.12. The minimum absolute atomic E-state index is 0.0557. The number of hydrogen-bond acceptors (Lipinski definition) is 3. The summed E-state index contributed by atoms with van der Waals surface area (Å²) in [6, 6.07) is 18.3. The van der Waals surface area contributed by atoms with Crippen molar-refractivity contribution in [3.8, 4) is 0 Å². The van der Waals surface area contributed by atoms with Crippen LogP contribution in [0.3, 0.4) is 0 Å². The third-order valence-corrected chi connectivity index (χ3v) is 4.64. The largest absolute Gasteiger partial charge is 0.369 e. The third kappa shape index (κ3) is 4.68. The number of carbonyl (C=O) groups excluding carboxylic acids is 1. The quantitative estimate of drug-likeness (QED) is 0.772. The summed E-state index contributed by atoms with van der Waals surface area (Å²) in [6.45, 7) is 4.19. The van der Waals surface area contributed by atoms with Crippen molar-refractivity contribution in [3.63, 3.8) is 0 Å². The Bertz CT molecular complexity index is 654. The highest BCUT2D eigenvalue weighted by atomic mass is 127. The highest BCUT2D eigenvalue weighted by molar-refractivity contribution is 14.1. The molecule has 3 rings (SSSR count). The zero-order valence-electron chi connectivity index (χ0n) is 12.9. The van der Waals surface area contributed by atoms with E-state index in [-0.39, 0.29) is 5.91 Å². The molecule has 1 aliphatic rings. The zero-order valence-corrected chi connectivity index (χ0v) is 15.1. The smallest absolute Gasteiger partial charge is 0.238 e. The normalized spacial score (nSPS) is 15.4. The van der Waals surface area contributed by atoms with Crippen molar-refractivity contribution in [3.05, 3.63) is 58.2 Å². The predicted octanol–water partition coefficient (Wildman–Crippen LogP) is 3.05. The number of carbonyl (C=O) groups is 1. The lowest BCUT2D eigenvalue weighted by molar-refractivity contribution is -0.117. The monoisotopic (exact) mass is 421 g/mol. The van der Waals surface area contributed by atoms with Crippen molar-refractivity contribution in [1.82, 2.24) is 4.90 Å². The van der Waals surface area contributed by atoms with Gasteiger partial charge in [-0.1, -0.05) is 24.3 Å². The molecule has 1 fully saturated rings. The molecule has 2 aromatic rings. The highest BCUT2D eigenvalue weighted by Gasteiger charge is 2.19. The van der Waals surface area contributed by atoms with Crippen molar-refractivity contribution in [2.24, 2.45) is 0 Å². The van der Waals surface area contributed by atoms with Crippen LogP contribution in [-0.2, 0) is 4.79 Å². The van der Waals surface area contributed by atoms with Gasteiger partial charge in [-0.3, -0.25) is 9.69 Å². The molecule has 1 amide bonds. The number of halogens is 1. The van der Waals surface area contributed by atoms with Crippen LogP contribution < -0.4 is 10.2 Å². The number of benzene rings is 2. The second kappa shape index (κ2) is 7.79. The van der Waals surface area contributed by atoms with E-state index in [1.54, 1.807) is 0 Å². The molecule has 1 N–H and O–H groups in total. The summed E-state index contributed by atoms with van der Waals surface area (Å²) in [7, 11) is 0. The van der Waals surface area contributed by atoms with Crippen LogP contribution in [0, 0.1) is 3.57 Å². The van der Waals surface area contributed by atoms with Crippen LogP contribution in [0.1, 0.15) is 0 Å². The standard InChI is InChI=1S/C18H20IN3O/c19-15-5-4-6-16(13-15)20-18(23)14-21-9-11-22(12-10-21)17-7-2-1-3-8-17/h1-8,13H,9-12,14H2,(H,20,23). The van der Waals surface area contributed by atoms with Gasteiger partial charge in [0.25, 0.3) is 0 Å². The fourth-order valence-electron chi connectivity index (χ4n) is 2.77. The molecule has 120 valence electrons. The summed E-state index contributed by atoms with van der Waals surface area (Å²) in [6.07, 6.45) is 0. The van der Waals surface area contributed by atoms with Crippen LogP contribution in [0.25, 0.3) is 0 Å². The fraction of sp³-hybridized carbons (Fsp3) is 0.278. The molecule has 0 atom stereocenters. The van der Waals surface area contributed by atoms with E-state index in [9.17, 15) is 4.79 Å². The van der Waals surface area contributed by atoms with E-state index >= 15 is 0 Å². The highest BCUT2D eigenvalue weighted by Crippen LogP contribution is 2.16. The molecule has 1 aliphatic heterocycles. The number of nitrogens with one attached hydrogen (secondary N) is 1. The van der Waals surface area contributed by atoms with E-state index in [0.717, 1.165) is 35.4 Å². The summed E-state index contributed by atoms with van der Waals surface area (Å²) in [5, 5.41) is 2.97. The number of para-hydroxylation sites is 1. The van der Waals surface area contributed by atoms with Gasteiger partial charge in [0.2, 0.25) is 5.91 Å². The van der Waals surface area contributed by atoms with Crippen LogP contribution >= 0.6 is 22.6 Å². The van der Waals surface area contributed by atoms with Gasteiger partial charge in [-0.15, -0.1) is 0 Å². The summed E-state index contributed by atoms with van der Waals surface area (Å²) in [5.74, 6) is 0.0557. The second-order valence-corrected chi connectivity index (χ2v) is 6.90. The maximum Gasteiger partial charge on any atom is 0.238 e. The molecule has 0 aromatic heterocycles. The molecule has 1 heterocycles. The predicted molar refractivity (Wildman–Crippen MR) is 103 cm³/mol. The van der Waals surface area contributed by atoms with E-state index in [0.29, 0.717) is 6.54 Å². The Morgan fingerprint density at radius 1 is 1.00 bits per heavy atom. The first-order valence-electron chi connectivity index (χ1n) is 7.78. The molecule has 0 radical (unpaired) electrons. The van der Waals surface area contributed by atoms with Crippen LogP contribution in [0.5, 0.6) is 0 Å². The van der Waals surface area contributed by atoms with Crippen molar-refractivity contribution in [2.75, 3.05) is 42.9 Å². The van der Waals surface area contributed by atoms with E-state index in [1.807, 2.05) is 30.3 Å². The first-order valence-corrected chi connectivity index (χ1v) is 8.86. The SMILES string of the molecule is O=C(CN1CCN(c2ccccc2)CC1)Nc1cccc(I)c1. The fourth-order valence-corrected chi connectivity index (χ4v) is 3.32. The van der Waals surface area contributed by atoms with Gasteiger partial charge in [0.15, 0.2) is 0 Å². The molecule has 0 saturated carbocycles. The lowest BCUT2D eigenvalue weighted by Crippen LogP contribution is -2.48. The van der Waals surface area contributed by atoms with E-state index in [1.165, 1.54) is 5.69 Å². The average Bonchev–Trinajstić information content (AvgIpc) is 2.56. The van der Waals surface area contributed by atoms with Crippen molar-refractivity contribution in [2.45, 2.75) is 0 Å². The Balaban J connectivity index is 1.48. The van der Waals surface area contributed by atoms with E-state index in [2.05, 4.69) is 62.0 Å². The first-order chi connectivity index (χ1) is 11.2. The zero-order chi connectivity index (χ0) is 16.1. The van der Waals surface area contributed by atoms with Crippen LogP contribution in [-0.4, -0.2) is 43.5 Å². The number of nitrogens with zero attached hydrogens (tertiary/aromatic N) is 2. The molecule has 23 heavy (non-hydrogen) atoms. The Morgan fingerprint density at radius 3 is 2.43 bits per heavy atom. The van der Waals surface area contributed by atoms with Crippen LogP contribution in [0.2, 0.25) is 0 Å². The van der Waals surface area contributed by atoms with Gasteiger partial charge in [0, 0.05) is 41.1 Å². The molecule has 0 unspecified atom stereocenters. The topological polar surface area (TPSA) is 35.6 Å². The molecule has 2 aromatic carbocycles. The van der Waals surface area contributed by atoms with Crippen molar-refractivity contribution >= 4 is 39.9 Å². The lowest BCUT2D eigenvalue weighted by Gasteiger charge is -2.35. The van der Waals surface area contributed by atoms with Gasteiger partial charge >= 0.3 is 0 Å². The molecular formula is C18H20IN3O. The first kappa shape index (κ1) is 16.3. The van der Waals surface area contributed by atoms with Gasteiger partial charge < -0.3 is 10.2 Å². The molecule has 0 spiro atoms. The van der Waals surface area contributed by atoms with Gasteiger partial charge in [0.1, 0.15) is 0 Å². The summed E-state index contributed by atoms with van der Waals surface area (Å²) >= 11 is 2.25. The number of anilines is 2. The van der Waals surface area contributed by atoms with Gasteiger partial charge in [0.05, 0.1) is 6.54 Å². The average molecular weight is 421 g/mol. The molecule has 5 heteroatoms. The minimum atomic E-state index is 0.0557. The minimum Gasteiger partial charge on any atom is -0.369 e. The maximum atomic E-state index is 12.2. The maximum absolute atomic E-state index is 12.2.